The number of benzene rings is 4. The Balaban J connectivity index is 1.77. The van der Waals surface area contributed by atoms with Gasteiger partial charge in [-0.2, -0.15) is 0 Å². The van der Waals surface area contributed by atoms with E-state index in [4.69, 9.17) is 4.74 Å². The van der Waals surface area contributed by atoms with Crippen LogP contribution in [0.15, 0.2) is 114 Å². The van der Waals surface area contributed by atoms with Gasteiger partial charge < -0.3 is 15.0 Å². The van der Waals surface area contributed by atoms with Crippen LogP contribution in [-0.2, 0) is 32.6 Å². The lowest BCUT2D eigenvalue weighted by molar-refractivity contribution is -0.140. The fourth-order valence-corrected chi connectivity index (χ4v) is 6.28. The second-order valence-electron chi connectivity index (χ2n) is 10.5. The molecule has 4 aromatic rings. The van der Waals surface area contributed by atoms with E-state index in [1.165, 1.54) is 42.3 Å². The Morgan fingerprint density at radius 3 is 2.11 bits per heavy atom. The molecule has 0 saturated carbocycles. The van der Waals surface area contributed by atoms with Crippen molar-refractivity contribution in [2.45, 2.75) is 43.7 Å². The van der Waals surface area contributed by atoms with Gasteiger partial charge in [-0.3, -0.25) is 13.9 Å². The van der Waals surface area contributed by atoms with E-state index in [1.54, 1.807) is 48.5 Å². The third-order valence-corrected chi connectivity index (χ3v) is 9.16. The number of nitrogens with zero attached hydrogens (tertiary/aromatic N) is 2. The van der Waals surface area contributed by atoms with Crippen molar-refractivity contribution in [2.75, 3.05) is 24.5 Å². The van der Waals surface area contributed by atoms with E-state index < -0.39 is 40.2 Å². The number of methoxy groups -OCH3 is 1. The lowest BCUT2D eigenvalue weighted by atomic mass is 10.0. The highest BCUT2D eigenvalue weighted by atomic mass is 32.2. The fourth-order valence-electron chi connectivity index (χ4n) is 4.87. The molecule has 0 aromatic heterocycles. The highest BCUT2D eigenvalue weighted by Gasteiger charge is 2.35. The van der Waals surface area contributed by atoms with Crippen LogP contribution >= 0.6 is 0 Å². The largest absolute Gasteiger partial charge is 0.497 e. The lowest BCUT2D eigenvalue weighted by Crippen LogP contribution is -2.53. The molecule has 8 nitrogen and oxygen atoms in total. The molecule has 236 valence electrons. The van der Waals surface area contributed by atoms with E-state index in [1.807, 2.05) is 37.3 Å². The van der Waals surface area contributed by atoms with Gasteiger partial charge in [0.05, 0.1) is 17.7 Å². The minimum absolute atomic E-state index is 0.0428. The molecule has 45 heavy (non-hydrogen) atoms. The normalized spacial score (nSPS) is 11.8. The average molecular weight is 632 g/mol. The van der Waals surface area contributed by atoms with Crippen molar-refractivity contribution in [1.82, 2.24) is 10.2 Å². The topological polar surface area (TPSA) is 96.0 Å². The average Bonchev–Trinajstić information content (AvgIpc) is 3.06. The van der Waals surface area contributed by atoms with Crippen molar-refractivity contribution in [1.29, 1.82) is 0 Å². The molecule has 2 amide bonds. The Morgan fingerprint density at radius 2 is 1.49 bits per heavy atom. The number of sulfonamides is 1. The Kier molecular flexibility index (Phi) is 11.7. The van der Waals surface area contributed by atoms with E-state index in [9.17, 15) is 22.4 Å². The van der Waals surface area contributed by atoms with Crippen molar-refractivity contribution in [3.05, 3.63) is 126 Å². The Bertz CT molecular complexity index is 1650. The molecule has 1 N–H and O–H groups in total. The third kappa shape index (κ3) is 8.69. The van der Waals surface area contributed by atoms with E-state index in [-0.39, 0.29) is 29.1 Å². The van der Waals surface area contributed by atoms with Crippen molar-refractivity contribution in [3.8, 4) is 5.75 Å². The summed E-state index contributed by atoms with van der Waals surface area (Å²) >= 11 is 0. The number of para-hydroxylation sites is 1. The summed E-state index contributed by atoms with van der Waals surface area (Å²) in [4.78, 5) is 29.4. The maximum atomic E-state index is 15.0. The number of hydrogen-bond acceptors (Lipinski definition) is 5. The molecule has 10 heteroatoms. The van der Waals surface area contributed by atoms with Crippen molar-refractivity contribution in [2.24, 2.45) is 0 Å². The number of carbonyl (C=O) groups excluding carboxylic acids is 2. The maximum absolute atomic E-state index is 15.0. The second kappa shape index (κ2) is 15.9. The molecule has 0 aliphatic rings. The number of amides is 2. The molecule has 4 aromatic carbocycles. The van der Waals surface area contributed by atoms with E-state index in [2.05, 4.69) is 5.32 Å². The SMILES string of the molecule is CCCCNC(=O)[C@@H](Cc1ccccc1)N(Cc1ccccc1F)C(=O)CN(c1ccccc1)S(=O)(=O)c1ccc(OC)cc1. The van der Waals surface area contributed by atoms with E-state index in [0.717, 1.165) is 22.7 Å². The minimum atomic E-state index is -4.26. The maximum Gasteiger partial charge on any atom is 0.264 e. The van der Waals surface area contributed by atoms with Crippen LogP contribution in [0.4, 0.5) is 10.1 Å². The van der Waals surface area contributed by atoms with E-state index >= 15 is 0 Å². The molecule has 0 aliphatic heterocycles. The van der Waals surface area contributed by atoms with Crippen molar-refractivity contribution >= 4 is 27.5 Å². The summed E-state index contributed by atoms with van der Waals surface area (Å²) in [6.45, 7) is 1.54. The number of unbranched alkanes of at least 4 members (excludes halogenated alkanes) is 1. The zero-order valence-electron chi connectivity index (χ0n) is 25.4. The first kappa shape index (κ1) is 33.2. The van der Waals surface area contributed by atoms with Gasteiger partial charge in [0, 0.05) is 25.1 Å². The van der Waals surface area contributed by atoms with Gasteiger partial charge >= 0.3 is 0 Å². The molecular weight excluding hydrogens is 593 g/mol. The summed E-state index contributed by atoms with van der Waals surface area (Å²) in [5.74, 6) is -1.12. The quantitative estimate of drug-likeness (QED) is 0.173. The molecule has 0 spiro atoms. The van der Waals surface area contributed by atoms with Crippen molar-refractivity contribution < 1.29 is 27.1 Å². The lowest BCUT2D eigenvalue weighted by Gasteiger charge is -2.34. The van der Waals surface area contributed by atoms with Gasteiger partial charge in [-0.15, -0.1) is 0 Å². The molecule has 0 saturated heterocycles. The summed E-state index contributed by atoms with van der Waals surface area (Å²) in [5, 5.41) is 2.92. The van der Waals surface area contributed by atoms with Gasteiger partial charge in [0.15, 0.2) is 0 Å². The molecule has 0 bridgehead atoms. The highest BCUT2D eigenvalue weighted by Crippen LogP contribution is 2.26. The Morgan fingerprint density at radius 1 is 0.867 bits per heavy atom. The number of carbonyl (C=O) groups is 2. The summed E-state index contributed by atoms with van der Waals surface area (Å²) in [6, 6.07) is 28.4. The minimum Gasteiger partial charge on any atom is -0.497 e. The number of nitrogens with one attached hydrogen (secondary N) is 1. The van der Waals surface area contributed by atoms with Crippen molar-refractivity contribution in [3.63, 3.8) is 0 Å². The van der Waals surface area contributed by atoms with Gasteiger partial charge in [0.1, 0.15) is 24.2 Å². The first-order valence-electron chi connectivity index (χ1n) is 14.8. The monoisotopic (exact) mass is 631 g/mol. The van der Waals surface area contributed by atoms with Crippen LogP contribution in [0.2, 0.25) is 0 Å². The standard InChI is InChI=1S/C35H38FN3O5S/c1-3-4-23-37-35(41)33(24-27-13-7-5-8-14-27)38(25-28-15-11-12-18-32(28)36)34(40)26-39(29-16-9-6-10-17-29)45(42,43)31-21-19-30(44-2)20-22-31/h5-22,33H,3-4,23-26H2,1-2H3,(H,37,41)/t33-/m1/s1. The summed E-state index contributed by atoms with van der Waals surface area (Å²) in [6.07, 6.45) is 1.75. The van der Waals surface area contributed by atoms with Crippen LogP contribution in [0.1, 0.15) is 30.9 Å². The zero-order chi connectivity index (χ0) is 32.2. The second-order valence-corrected chi connectivity index (χ2v) is 12.3. The fraction of sp³-hybridized carbons (Fsp3) is 0.257. The van der Waals surface area contributed by atoms with Gasteiger partial charge in [-0.1, -0.05) is 80.1 Å². The Labute approximate surface area is 264 Å². The molecule has 4 rings (SSSR count). The third-order valence-electron chi connectivity index (χ3n) is 7.37. The highest BCUT2D eigenvalue weighted by molar-refractivity contribution is 7.92. The van der Waals surface area contributed by atoms with Gasteiger partial charge in [-0.05, 0) is 54.4 Å². The first-order valence-corrected chi connectivity index (χ1v) is 16.2. The van der Waals surface area contributed by atoms with Gasteiger partial charge in [0.2, 0.25) is 11.8 Å². The van der Waals surface area contributed by atoms with Crippen LogP contribution in [0.3, 0.4) is 0 Å². The molecule has 0 fully saturated rings. The first-order chi connectivity index (χ1) is 21.7. The van der Waals surface area contributed by atoms with Crippen LogP contribution in [0.25, 0.3) is 0 Å². The molecular formula is C35H38FN3O5S. The zero-order valence-corrected chi connectivity index (χ0v) is 26.3. The predicted octanol–water partition coefficient (Wildman–Crippen LogP) is 5.59. The predicted molar refractivity (Wildman–Crippen MR) is 173 cm³/mol. The molecule has 0 radical (unpaired) electrons. The summed E-state index contributed by atoms with van der Waals surface area (Å²) in [5.41, 5.74) is 1.26. The van der Waals surface area contributed by atoms with Gasteiger partial charge in [0.25, 0.3) is 10.0 Å². The number of ether oxygens (including phenoxy) is 1. The van der Waals surface area contributed by atoms with Crippen LogP contribution in [0.5, 0.6) is 5.75 Å². The molecule has 0 unspecified atom stereocenters. The van der Waals surface area contributed by atoms with E-state index in [0.29, 0.717) is 12.3 Å². The van der Waals surface area contributed by atoms with Crippen LogP contribution in [0, 0.1) is 5.82 Å². The number of anilines is 1. The summed E-state index contributed by atoms with van der Waals surface area (Å²) in [7, 11) is -2.78. The smallest absolute Gasteiger partial charge is 0.264 e. The molecule has 0 heterocycles. The summed E-state index contributed by atoms with van der Waals surface area (Å²) < 4.78 is 49.3. The van der Waals surface area contributed by atoms with Crippen LogP contribution in [-0.4, -0.2) is 51.4 Å². The Hall–Kier alpha value is -4.70. The molecule has 1 atom stereocenters. The number of halogens is 1. The van der Waals surface area contributed by atoms with Gasteiger partial charge in [-0.25, -0.2) is 12.8 Å². The number of rotatable bonds is 15. The molecule has 0 aliphatic carbocycles. The van der Waals surface area contributed by atoms with Crippen LogP contribution < -0.4 is 14.4 Å². The number of hydrogen-bond donors (Lipinski definition) is 1.